The van der Waals surface area contributed by atoms with Crippen LogP contribution in [0.15, 0.2) is 47.4 Å². The average Bonchev–Trinajstić information content (AvgIpc) is 2.78. The van der Waals surface area contributed by atoms with Gasteiger partial charge in [-0.3, -0.25) is 14.4 Å². The lowest BCUT2D eigenvalue weighted by Crippen LogP contribution is -2.32. The van der Waals surface area contributed by atoms with Gasteiger partial charge in [-0.15, -0.1) is 0 Å². The fraction of sp³-hybridized carbons (Fsp3) is 0.318. The summed E-state index contributed by atoms with van der Waals surface area (Å²) in [5.41, 5.74) is 1.25. The SMILES string of the molecule is CCN(CC)S(=O)(=O)c1ccc(Cl)c(NC(=O)COC(=O)CNC(=O)c2ccccc2C)c1. The van der Waals surface area contributed by atoms with E-state index in [0.29, 0.717) is 18.7 Å². The van der Waals surface area contributed by atoms with Crippen molar-refractivity contribution in [2.24, 2.45) is 0 Å². The van der Waals surface area contributed by atoms with E-state index >= 15 is 0 Å². The van der Waals surface area contributed by atoms with E-state index in [1.54, 1.807) is 45.0 Å². The monoisotopic (exact) mass is 495 g/mol. The van der Waals surface area contributed by atoms with Gasteiger partial charge in [0.05, 0.1) is 15.6 Å². The second-order valence-electron chi connectivity index (χ2n) is 6.94. The van der Waals surface area contributed by atoms with Crippen LogP contribution in [0.5, 0.6) is 0 Å². The van der Waals surface area contributed by atoms with Crippen molar-refractivity contribution in [3.05, 3.63) is 58.6 Å². The van der Waals surface area contributed by atoms with Crippen LogP contribution >= 0.6 is 11.6 Å². The fourth-order valence-corrected chi connectivity index (χ4v) is 4.58. The number of sulfonamides is 1. The first-order chi connectivity index (χ1) is 15.6. The highest BCUT2D eigenvalue weighted by Crippen LogP contribution is 2.27. The van der Waals surface area contributed by atoms with Crippen LogP contribution in [-0.4, -0.2) is 56.7 Å². The Kier molecular flexibility index (Phi) is 9.39. The third kappa shape index (κ3) is 7.01. The first-order valence-electron chi connectivity index (χ1n) is 10.2. The van der Waals surface area contributed by atoms with Gasteiger partial charge in [-0.25, -0.2) is 8.42 Å². The second kappa shape index (κ2) is 11.8. The van der Waals surface area contributed by atoms with E-state index in [0.717, 1.165) is 5.56 Å². The second-order valence-corrected chi connectivity index (χ2v) is 9.28. The Morgan fingerprint density at radius 1 is 1.06 bits per heavy atom. The van der Waals surface area contributed by atoms with Crippen molar-refractivity contribution in [2.45, 2.75) is 25.7 Å². The van der Waals surface area contributed by atoms with Gasteiger partial charge in [0.15, 0.2) is 6.61 Å². The highest BCUT2D eigenvalue weighted by Gasteiger charge is 2.23. The quantitative estimate of drug-likeness (QED) is 0.488. The largest absolute Gasteiger partial charge is 0.454 e. The molecule has 0 aliphatic heterocycles. The zero-order valence-electron chi connectivity index (χ0n) is 18.6. The maximum absolute atomic E-state index is 12.7. The summed E-state index contributed by atoms with van der Waals surface area (Å²) in [5, 5.41) is 4.99. The van der Waals surface area contributed by atoms with Crippen LogP contribution in [0.1, 0.15) is 29.8 Å². The number of ether oxygens (including phenoxy) is 1. The summed E-state index contributed by atoms with van der Waals surface area (Å²) in [6.45, 7) is 4.74. The molecule has 2 aromatic carbocycles. The van der Waals surface area contributed by atoms with Crippen molar-refractivity contribution in [2.75, 3.05) is 31.6 Å². The molecule has 0 bridgehead atoms. The molecule has 0 aliphatic carbocycles. The molecule has 11 heteroatoms. The molecule has 0 unspecified atom stereocenters. The van der Waals surface area contributed by atoms with E-state index in [1.807, 2.05) is 0 Å². The summed E-state index contributed by atoms with van der Waals surface area (Å²) in [7, 11) is -3.75. The molecule has 0 saturated heterocycles. The standard InChI is InChI=1S/C22H26ClN3O6S/c1-4-26(5-2)33(30,31)16-10-11-18(23)19(12-16)25-20(27)14-32-21(28)13-24-22(29)17-9-7-6-8-15(17)3/h6-12H,4-5,13-14H2,1-3H3,(H,24,29)(H,25,27). The average molecular weight is 496 g/mol. The van der Waals surface area contributed by atoms with Crippen LogP contribution in [0, 0.1) is 6.92 Å². The molecule has 0 atom stereocenters. The van der Waals surface area contributed by atoms with Gasteiger partial charge in [-0.1, -0.05) is 43.6 Å². The lowest BCUT2D eigenvalue weighted by Gasteiger charge is -2.19. The van der Waals surface area contributed by atoms with Gasteiger partial charge < -0.3 is 15.4 Å². The Labute approximate surface area is 198 Å². The predicted octanol–water partition coefficient (Wildman–Crippen LogP) is 2.59. The van der Waals surface area contributed by atoms with E-state index in [4.69, 9.17) is 16.3 Å². The zero-order chi connectivity index (χ0) is 24.6. The van der Waals surface area contributed by atoms with Crippen LogP contribution in [0.2, 0.25) is 5.02 Å². The molecule has 0 radical (unpaired) electrons. The van der Waals surface area contributed by atoms with Crippen molar-refractivity contribution in [1.29, 1.82) is 0 Å². The summed E-state index contributed by atoms with van der Waals surface area (Å²) in [4.78, 5) is 36.2. The van der Waals surface area contributed by atoms with E-state index in [9.17, 15) is 22.8 Å². The van der Waals surface area contributed by atoms with Crippen LogP contribution in [0.4, 0.5) is 5.69 Å². The van der Waals surface area contributed by atoms with Crippen LogP contribution < -0.4 is 10.6 Å². The predicted molar refractivity (Wildman–Crippen MR) is 125 cm³/mol. The smallest absolute Gasteiger partial charge is 0.325 e. The molecule has 0 aromatic heterocycles. The maximum Gasteiger partial charge on any atom is 0.325 e. The molecule has 2 rings (SSSR count). The van der Waals surface area contributed by atoms with Crippen molar-refractivity contribution in [3.63, 3.8) is 0 Å². The zero-order valence-corrected chi connectivity index (χ0v) is 20.1. The minimum absolute atomic E-state index is 0.0261. The Balaban J connectivity index is 1.93. The lowest BCUT2D eigenvalue weighted by atomic mass is 10.1. The van der Waals surface area contributed by atoms with Crippen LogP contribution in [0.25, 0.3) is 0 Å². The van der Waals surface area contributed by atoms with Gasteiger partial charge in [0.2, 0.25) is 10.0 Å². The number of rotatable bonds is 10. The summed E-state index contributed by atoms with van der Waals surface area (Å²) in [6, 6.07) is 10.9. The van der Waals surface area contributed by atoms with Gasteiger partial charge >= 0.3 is 5.97 Å². The molecule has 0 saturated carbocycles. The summed E-state index contributed by atoms with van der Waals surface area (Å²) >= 11 is 6.08. The molecular formula is C22H26ClN3O6S. The molecule has 0 spiro atoms. The van der Waals surface area contributed by atoms with E-state index in [2.05, 4.69) is 10.6 Å². The number of carbonyl (C=O) groups excluding carboxylic acids is 3. The van der Waals surface area contributed by atoms with E-state index < -0.39 is 41.0 Å². The Hall–Kier alpha value is -2.95. The van der Waals surface area contributed by atoms with Crippen molar-refractivity contribution in [1.82, 2.24) is 9.62 Å². The minimum Gasteiger partial charge on any atom is -0.454 e. The van der Waals surface area contributed by atoms with Gasteiger partial charge in [0.25, 0.3) is 11.8 Å². The normalized spacial score (nSPS) is 11.2. The van der Waals surface area contributed by atoms with Crippen LogP contribution in [-0.2, 0) is 24.3 Å². The Morgan fingerprint density at radius 3 is 2.36 bits per heavy atom. The number of carbonyl (C=O) groups is 3. The fourth-order valence-electron chi connectivity index (χ4n) is 2.93. The minimum atomic E-state index is -3.75. The van der Waals surface area contributed by atoms with Gasteiger partial charge in [0.1, 0.15) is 6.54 Å². The molecule has 2 aromatic rings. The summed E-state index contributed by atoms with van der Waals surface area (Å²) in [6.07, 6.45) is 0. The molecule has 33 heavy (non-hydrogen) atoms. The molecule has 0 fully saturated rings. The first-order valence-corrected chi connectivity index (χ1v) is 12.0. The molecule has 0 aliphatic rings. The lowest BCUT2D eigenvalue weighted by molar-refractivity contribution is -0.146. The number of amides is 2. The van der Waals surface area contributed by atoms with Gasteiger partial charge in [-0.05, 0) is 36.8 Å². The van der Waals surface area contributed by atoms with Crippen LogP contribution in [0.3, 0.4) is 0 Å². The number of anilines is 1. The number of nitrogens with one attached hydrogen (secondary N) is 2. The van der Waals surface area contributed by atoms with Crippen molar-refractivity contribution >= 4 is 45.1 Å². The third-order valence-electron chi connectivity index (χ3n) is 4.70. The van der Waals surface area contributed by atoms with Crippen molar-refractivity contribution < 1.29 is 27.5 Å². The Bertz CT molecular complexity index is 1130. The Morgan fingerprint density at radius 2 is 1.73 bits per heavy atom. The topological polar surface area (TPSA) is 122 Å². The molecule has 2 N–H and O–H groups in total. The molecule has 2 amide bonds. The summed E-state index contributed by atoms with van der Waals surface area (Å²) in [5.74, 6) is -1.96. The van der Waals surface area contributed by atoms with Crippen molar-refractivity contribution in [3.8, 4) is 0 Å². The van der Waals surface area contributed by atoms with Gasteiger partial charge in [0, 0.05) is 18.7 Å². The number of hydrogen-bond acceptors (Lipinski definition) is 6. The maximum atomic E-state index is 12.7. The highest BCUT2D eigenvalue weighted by molar-refractivity contribution is 7.89. The van der Waals surface area contributed by atoms with E-state index in [1.165, 1.54) is 22.5 Å². The number of hydrogen-bond donors (Lipinski definition) is 2. The first kappa shape index (κ1) is 26.3. The molecule has 0 heterocycles. The number of aryl methyl sites for hydroxylation is 1. The van der Waals surface area contributed by atoms with Gasteiger partial charge in [-0.2, -0.15) is 4.31 Å². The molecule has 178 valence electrons. The summed E-state index contributed by atoms with van der Waals surface area (Å²) < 4.78 is 31.5. The molecular weight excluding hydrogens is 470 g/mol. The highest BCUT2D eigenvalue weighted by atomic mass is 35.5. The van der Waals surface area contributed by atoms with E-state index in [-0.39, 0.29) is 15.6 Å². The number of benzene rings is 2. The number of esters is 1. The number of nitrogens with zero attached hydrogens (tertiary/aromatic N) is 1. The number of halogens is 1. The third-order valence-corrected chi connectivity index (χ3v) is 7.08. The molecule has 9 nitrogen and oxygen atoms in total.